The second-order valence-electron chi connectivity index (χ2n) is 4.75. The average Bonchev–Trinajstić information content (AvgIpc) is 2.70. The Bertz CT molecular complexity index is 474. The summed E-state index contributed by atoms with van der Waals surface area (Å²) in [4.78, 5) is 13.9. The van der Waals surface area contributed by atoms with E-state index in [1.165, 1.54) is 0 Å². The van der Waals surface area contributed by atoms with Gasteiger partial charge in [0.25, 0.3) is 0 Å². The maximum Gasteiger partial charge on any atom is 0.227 e. The first-order valence-corrected chi connectivity index (χ1v) is 6.79. The molecule has 1 amide bonds. The number of hydrogen-bond donors (Lipinski definition) is 0. The summed E-state index contributed by atoms with van der Waals surface area (Å²) in [5, 5.41) is 0.712. The summed E-state index contributed by atoms with van der Waals surface area (Å²) in [6.45, 7) is 0. The van der Waals surface area contributed by atoms with Gasteiger partial charge in [0.2, 0.25) is 5.91 Å². The predicted molar refractivity (Wildman–Crippen MR) is 70.0 cm³/mol. The topological polar surface area (TPSA) is 20.3 Å². The molecule has 0 unspecified atom stereocenters. The molecule has 2 aliphatic rings. The van der Waals surface area contributed by atoms with E-state index in [4.69, 9.17) is 23.2 Å². The lowest BCUT2D eigenvalue weighted by Crippen LogP contribution is -2.38. The number of fused-ring (bicyclic) bond motifs is 3. The maximum atomic E-state index is 11.9. The van der Waals surface area contributed by atoms with E-state index in [0.717, 1.165) is 24.1 Å². The van der Waals surface area contributed by atoms with E-state index in [-0.39, 0.29) is 5.91 Å². The zero-order chi connectivity index (χ0) is 12.0. The lowest BCUT2D eigenvalue weighted by molar-refractivity contribution is -0.117. The summed E-state index contributed by atoms with van der Waals surface area (Å²) in [5.74, 6) is 1.13. The Hall–Kier alpha value is -0.730. The van der Waals surface area contributed by atoms with E-state index < -0.39 is 0 Å². The Morgan fingerprint density at radius 3 is 3.00 bits per heavy atom. The predicted octanol–water partition coefficient (Wildman–Crippen LogP) is 3.56. The molecule has 0 aliphatic carbocycles. The summed E-state index contributed by atoms with van der Waals surface area (Å²) in [7, 11) is 0. The molecule has 0 spiro atoms. The van der Waals surface area contributed by atoms with Crippen LogP contribution in [0.5, 0.6) is 0 Å². The number of nitrogens with zero attached hydrogens (tertiary/aromatic N) is 1. The first-order valence-electron chi connectivity index (χ1n) is 5.88. The third-order valence-electron chi connectivity index (χ3n) is 3.76. The van der Waals surface area contributed by atoms with Gasteiger partial charge < -0.3 is 4.90 Å². The Morgan fingerprint density at radius 2 is 2.24 bits per heavy atom. The molecule has 0 aromatic heterocycles. The molecule has 4 heteroatoms. The van der Waals surface area contributed by atoms with Crippen LogP contribution in [0.25, 0.3) is 0 Å². The van der Waals surface area contributed by atoms with Crippen LogP contribution in [-0.2, 0) is 4.79 Å². The fourth-order valence-corrected chi connectivity index (χ4v) is 3.44. The Kier molecular flexibility index (Phi) is 2.80. The van der Waals surface area contributed by atoms with E-state index in [1.54, 1.807) is 0 Å². The van der Waals surface area contributed by atoms with Crippen LogP contribution in [0.3, 0.4) is 0 Å². The highest BCUT2D eigenvalue weighted by molar-refractivity contribution is 6.30. The molecule has 1 fully saturated rings. The fraction of sp³-hybridized carbons (Fsp3) is 0.462. The van der Waals surface area contributed by atoms with E-state index in [9.17, 15) is 4.79 Å². The molecule has 0 radical (unpaired) electrons. The van der Waals surface area contributed by atoms with Gasteiger partial charge in [-0.1, -0.05) is 11.6 Å². The van der Waals surface area contributed by atoms with Crippen LogP contribution in [0, 0.1) is 0 Å². The van der Waals surface area contributed by atoms with Gasteiger partial charge in [-0.25, -0.2) is 0 Å². The minimum absolute atomic E-state index is 0.228. The fourth-order valence-electron chi connectivity index (χ4n) is 2.97. The number of hydrogen-bond acceptors (Lipinski definition) is 1. The summed E-state index contributed by atoms with van der Waals surface area (Å²) in [6, 6.07) is 6.08. The van der Waals surface area contributed by atoms with Gasteiger partial charge in [0.1, 0.15) is 0 Å². The normalized spacial score (nSPS) is 26.9. The Morgan fingerprint density at radius 1 is 1.41 bits per heavy atom. The average molecular weight is 270 g/mol. The zero-order valence-corrected chi connectivity index (χ0v) is 10.8. The van der Waals surface area contributed by atoms with Gasteiger partial charge in [-0.15, -0.1) is 11.6 Å². The van der Waals surface area contributed by atoms with E-state index in [1.807, 2.05) is 23.1 Å². The summed E-state index contributed by atoms with van der Waals surface area (Å²) >= 11 is 12.1. The van der Waals surface area contributed by atoms with Crippen LogP contribution in [0.2, 0.25) is 5.02 Å². The third kappa shape index (κ3) is 1.74. The molecule has 3 rings (SSSR count). The van der Waals surface area contributed by atoms with Crippen molar-refractivity contribution in [3.05, 3.63) is 28.8 Å². The lowest BCUT2D eigenvalue weighted by Gasteiger charge is -2.36. The van der Waals surface area contributed by atoms with Crippen molar-refractivity contribution in [1.29, 1.82) is 0 Å². The molecular weight excluding hydrogens is 257 g/mol. The van der Waals surface area contributed by atoms with Crippen LogP contribution in [0.1, 0.15) is 30.7 Å². The molecule has 90 valence electrons. The molecule has 2 aliphatic heterocycles. The second kappa shape index (κ2) is 4.18. The highest BCUT2D eigenvalue weighted by Crippen LogP contribution is 2.44. The summed E-state index contributed by atoms with van der Waals surface area (Å²) in [5.41, 5.74) is 2.14. The third-order valence-corrected chi connectivity index (χ3v) is 4.36. The summed E-state index contributed by atoms with van der Waals surface area (Å²) < 4.78 is 0. The van der Waals surface area contributed by atoms with Crippen LogP contribution >= 0.6 is 23.2 Å². The molecule has 0 bridgehead atoms. The number of benzene rings is 1. The van der Waals surface area contributed by atoms with Crippen LogP contribution in [0.4, 0.5) is 5.69 Å². The maximum absolute atomic E-state index is 11.9. The number of carbonyl (C=O) groups is 1. The van der Waals surface area contributed by atoms with Crippen molar-refractivity contribution < 1.29 is 4.79 Å². The molecule has 2 atom stereocenters. The number of halogens is 2. The molecule has 1 saturated heterocycles. The number of amides is 1. The van der Waals surface area contributed by atoms with Crippen molar-refractivity contribution in [2.45, 2.75) is 31.2 Å². The van der Waals surface area contributed by atoms with Crippen molar-refractivity contribution >= 4 is 34.8 Å². The van der Waals surface area contributed by atoms with Crippen molar-refractivity contribution in [3.63, 3.8) is 0 Å². The SMILES string of the molecule is O=C1CC[C@@H]2C[C@H](CCl)c3cc(Cl)ccc3N12. The number of anilines is 1. The number of carbonyl (C=O) groups excluding carboxylic acids is 1. The van der Waals surface area contributed by atoms with Gasteiger partial charge in [0, 0.05) is 35.0 Å². The first kappa shape index (κ1) is 11.4. The highest BCUT2D eigenvalue weighted by Gasteiger charge is 2.39. The zero-order valence-electron chi connectivity index (χ0n) is 9.33. The van der Waals surface area contributed by atoms with Crippen molar-refractivity contribution in [2.24, 2.45) is 0 Å². The number of rotatable bonds is 1. The van der Waals surface area contributed by atoms with Crippen molar-refractivity contribution in [1.82, 2.24) is 0 Å². The van der Waals surface area contributed by atoms with Crippen LogP contribution in [-0.4, -0.2) is 17.8 Å². The molecule has 0 N–H and O–H groups in total. The largest absolute Gasteiger partial charge is 0.309 e. The van der Waals surface area contributed by atoms with E-state index >= 15 is 0 Å². The Balaban J connectivity index is 2.12. The lowest BCUT2D eigenvalue weighted by atomic mass is 9.87. The molecule has 0 saturated carbocycles. The van der Waals surface area contributed by atoms with Gasteiger partial charge in [0.15, 0.2) is 0 Å². The standard InChI is InChI=1S/C13H13Cl2NO/c14-7-8-5-10-2-4-13(17)16(10)12-3-1-9(15)6-11(8)12/h1,3,6,8,10H,2,4-5,7H2/t8-,10-/m1/s1. The van der Waals surface area contributed by atoms with Gasteiger partial charge in [-0.3, -0.25) is 4.79 Å². The second-order valence-corrected chi connectivity index (χ2v) is 5.49. The minimum atomic E-state index is 0.228. The number of alkyl halides is 1. The monoisotopic (exact) mass is 269 g/mol. The smallest absolute Gasteiger partial charge is 0.227 e. The Labute approximate surface area is 111 Å². The minimum Gasteiger partial charge on any atom is -0.309 e. The quantitative estimate of drug-likeness (QED) is 0.714. The first-order chi connectivity index (χ1) is 8.20. The van der Waals surface area contributed by atoms with Crippen LogP contribution in [0.15, 0.2) is 18.2 Å². The van der Waals surface area contributed by atoms with E-state index in [2.05, 4.69) is 0 Å². The van der Waals surface area contributed by atoms with Crippen molar-refractivity contribution in [2.75, 3.05) is 10.8 Å². The molecular formula is C13H13Cl2NO. The van der Waals surface area contributed by atoms with Gasteiger partial charge in [-0.05, 0) is 36.6 Å². The molecule has 1 aromatic rings. The van der Waals surface area contributed by atoms with Gasteiger partial charge in [-0.2, -0.15) is 0 Å². The van der Waals surface area contributed by atoms with Crippen LogP contribution < -0.4 is 4.90 Å². The van der Waals surface area contributed by atoms with E-state index in [0.29, 0.717) is 29.3 Å². The van der Waals surface area contributed by atoms with Gasteiger partial charge in [0.05, 0.1) is 0 Å². The molecule has 2 nitrogen and oxygen atoms in total. The molecule has 17 heavy (non-hydrogen) atoms. The van der Waals surface area contributed by atoms with Gasteiger partial charge >= 0.3 is 0 Å². The molecule has 2 heterocycles. The highest BCUT2D eigenvalue weighted by atomic mass is 35.5. The summed E-state index contributed by atoms with van der Waals surface area (Å²) in [6.07, 6.45) is 2.57. The molecule has 1 aromatic carbocycles. The van der Waals surface area contributed by atoms with Crippen molar-refractivity contribution in [3.8, 4) is 0 Å².